The molecule has 2 heterocycles. The summed E-state index contributed by atoms with van der Waals surface area (Å²) in [5.41, 5.74) is 3.20. The van der Waals surface area contributed by atoms with Crippen LogP contribution < -0.4 is 4.90 Å². The van der Waals surface area contributed by atoms with E-state index in [1.807, 2.05) is 60.4 Å². The Labute approximate surface area is 149 Å². The van der Waals surface area contributed by atoms with E-state index in [2.05, 4.69) is 18.0 Å². The molecule has 0 saturated carbocycles. The zero-order chi connectivity index (χ0) is 17.8. The van der Waals surface area contributed by atoms with Crippen molar-refractivity contribution < 1.29 is 9.53 Å². The van der Waals surface area contributed by atoms with Crippen molar-refractivity contribution in [1.29, 1.82) is 0 Å². The largest absolute Gasteiger partial charge is 0.445 e. The molecular weight excluding hydrogens is 314 g/mol. The van der Waals surface area contributed by atoms with E-state index < -0.39 is 0 Å². The van der Waals surface area contributed by atoms with Crippen LogP contribution in [0.2, 0.25) is 0 Å². The van der Waals surface area contributed by atoms with Gasteiger partial charge in [-0.1, -0.05) is 30.3 Å². The van der Waals surface area contributed by atoms with E-state index in [1.165, 1.54) is 0 Å². The van der Waals surface area contributed by atoms with Crippen molar-refractivity contribution in [2.45, 2.75) is 32.4 Å². The zero-order valence-electron chi connectivity index (χ0n) is 15.1. The quantitative estimate of drug-likeness (QED) is 0.847. The van der Waals surface area contributed by atoms with Gasteiger partial charge in [-0.05, 0) is 42.5 Å². The van der Waals surface area contributed by atoms with Gasteiger partial charge in [-0.25, -0.2) is 9.78 Å². The predicted octanol–water partition coefficient (Wildman–Crippen LogP) is 3.93. The first-order chi connectivity index (χ1) is 12.1. The zero-order valence-corrected chi connectivity index (χ0v) is 15.1. The van der Waals surface area contributed by atoms with Crippen LogP contribution >= 0.6 is 0 Å². The smallest absolute Gasteiger partial charge is 0.410 e. The van der Waals surface area contributed by atoms with Gasteiger partial charge in [-0.2, -0.15) is 0 Å². The Morgan fingerprint density at radius 1 is 1.32 bits per heavy atom. The lowest BCUT2D eigenvalue weighted by Crippen LogP contribution is -2.31. The number of amides is 1. The van der Waals surface area contributed by atoms with E-state index in [0.717, 1.165) is 41.9 Å². The lowest BCUT2D eigenvalue weighted by molar-refractivity contribution is 0.0920. The van der Waals surface area contributed by atoms with Gasteiger partial charge in [0.2, 0.25) is 0 Å². The number of aryl methyl sites for hydroxylation is 1. The molecule has 132 valence electrons. The van der Waals surface area contributed by atoms with Gasteiger partial charge in [-0.15, -0.1) is 0 Å². The first-order valence-corrected chi connectivity index (χ1v) is 8.67. The lowest BCUT2D eigenvalue weighted by atomic mass is 10.0. The highest BCUT2D eigenvalue weighted by Crippen LogP contribution is 2.33. The maximum absolute atomic E-state index is 12.5. The molecule has 0 radical (unpaired) electrons. The van der Waals surface area contributed by atoms with Gasteiger partial charge in [0.1, 0.15) is 12.4 Å². The third-order valence-electron chi connectivity index (χ3n) is 4.57. The Morgan fingerprint density at radius 3 is 2.76 bits per heavy atom. The highest BCUT2D eigenvalue weighted by Gasteiger charge is 2.31. The van der Waals surface area contributed by atoms with Crippen LogP contribution in [-0.2, 0) is 11.3 Å². The molecule has 2 aromatic rings. The summed E-state index contributed by atoms with van der Waals surface area (Å²) in [6.07, 6.45) is 3.57. The van der Waals surface area contributed by atoms with Crippen LogP contribution in [0, 0.1) is 6.92 Å². The highest BCUT2D eigenvalue weighted by molar-refractivity contribution is 5.69. The monoisotopic (exact) mass is 339 g/mol. The van der Waals surface area contributed by atoms with Gasteiger partial charge in [-0.3, -0.25) is 0 Å². The fourth-order valence-corrected chi connectivity index (χ4v) is 3.37. The van der Waals surface area contributed by atoms with Crippen LogP contribution in [0.4, 0.5) is 10.6 Å². The molecule has 1 amide bonds. The Balaban J connectivity index is 1.69. The number of anilines is 1. The molecule has 25 heavy (non-hydrogen) atoms. The van der Waals surface area contributed by atoms with E-state index in [1.54, 1.807) is 0 Å². The summed E-state index contributed by atoms with van der Waals surface area (Å²) in [7, 11) is 3.97. The number of hydrogen-bond donors (Lipinski definition) is 0. The molecule has 1 fully saturated rings. The van der Waals surface area contributed by atoms with E-state index in [-0.39, 0.29) is 12.1 Å². The molecule has 0 bridgehead atoms. The summed E-state index contributed by atoms with van der Waals surface area (Å²) >= 11 is 0. The summed E-state index contributed by atoms with van der Waals surface area (Å²) in [5.74, 6) is 0.958. The van der Waals surface area contributed by atoms with Crippen LogP contribution in [0.15, 0.2) is 42.6 Å². The van der Waals surface area contributed by atoms with Crippen molar-refractivity contribution >= 4 is 11.9 Å². The van der Waals surface area contributed by atoms with E-state index >= 15 is 0 Å². The number of carbonyl (C=O) groups excluding carboxylic acids is 1. The Bertz CT molecular complexity index is 731. The average molecular weight is 339 g/mol. The molecule has 0 N–H and O–H groups in total. The first-order valence-electron chi connectivity index (χ1n) is 8.67. The molecule has 1 aromatic carbocycles. The van der Waals surface area contributed by atoms with Crippen LogP contribution in [-0.4, -0.2) is 36.6 Å². The summed E-state index contributed by atoms with van der Waals surface area (Å²) in [4.78, 5) is 20.9. The lowest BCUT2D eigenvalue weighted by Gasteiger charge is -2.25. The Kier molecular flexibility index (Phi) is 5.22. The number of likely N-dealkylation sites (tertiary alicyclic amines) is 1. The second-order valence-electron chi connectivity index (χ2n) is 6.70. The van der Waals surface area contributed by atoms with Crippen molar-refractivity contribution in [3.63, 3.8) is 0 Å². The maximum atomic E-state index is 12.5. The van der Waals surface area contributed by atoms with Gasteiger partial charge in [0.05, 0.1) is 6.04 Å². The standard InChI is InChI=1S/C20H25N3O2/c1-15-12-17(13-21-19(15)22(2)3)18-10-7-11-23(18)20(24)25-14-16-8-5-4-6-9-16/h4-6,8-9,12-13,18H,7,10-11,14H2,1-3H3. The molecule has 1 aliphatic heterocycles. The van der Waals surface area contributed by atoms with Crippen molar-refractivity contribution in [1.82, 2.24) is 9.88 Å². The van der Waals surface area contributed by atoms with Gasteiger partial charge in [0, 0.05) is 26.8 Å². The van der Waals surface area contributed by atoms with E-state index in [0.29, 0.717) is 6.61 Å². The number of hydrogen-bond acceptors (Lipinski definition) is 4. The fourth-order valence-electron chi connectivity index (χ4n) is 3.37. The van der Waals surface area contributed by atoms with Crippen LogP contribution in [0.5, 0.6) is 0 Å². The summed E-state index contributed by atoms with van der Waals surface area (Å²) < 4.78 is 5.51. The van der Waals surface area contributed by atoms with Gasteiger partial charge in [0.15, 0.2) is 0 Å². The molecule has 0 aliphatic carbocycles. The summed E-state index contributed by atoms with van der Waals surface area (Å²) in [6, 6.07) is 11.9. The second kappa shape index (κ2) is 7.55. The molecule has 0 spiro atoms. The minimum absolute atomic E-state index is 0.0469. The normalized spacial score (nSPS) is 16.8. The third kappa shape index (κ3) is 3.92. The van der Waals surface area contributed by atoms with Crippen LogP contribution in [0.3, 0.4) is 0 Å². The molecule has 3 rings (SSSR count). The van der Waals surface area contributed by atoms with Crippen molar-refractivity contribution in [2.24, 2.45) is 0 Å². The third-order valence-corrected chi connectivity index (χ3v) is 4.57. The second-order valence-corrected chi connectivity index (χ2v) is 6.70. The minimum Gasteiger partial charge on any atom is -0.445 e. The molecule has 1 aliphatic rings. The van der Waals surface area contributed by atoms with Crippen molar-refractivity contribution in [2.75, 3.05) is 25.5 Å². The van der Waals surface area contributed by atoms with Gasteiger partial charge >= 0.3 is 6.09 Å². The highest BCUT2D eigenvalue weighted by atomic mass is 16.6. The first kappa shape index (κ1) is 17.3. The molecule has 1 atom stereocenters. The van der Waals surface area contributed by atoms with E-state index in [9.17, 15) is 4.79 Å². The topological polar surface area (TPSA) is 45.7 Å². The molecular formula is C20H25N3O2. The number of ether oxygens (including phenoxy) is 1. The van der Waals surface area contributed by atoms with Crippen LogP contribution in [0.25, 0.3) is 0 Å². The van der Waals surface area contributed by atoms with Gasteiger partial charge in [0.25, 0.3) is 0 Å². The molecule has 5 nitrogen and oxygen atoms in total. The molecule has 5 heteroatoms. The maximum Gasteiger partial charge on any atom is 0.410 e. The number of rotatable bonds is 4. The fraction of sp³-hybridized carbons (Fsp3) is 0.400. The number of pyridine rings is 1. The number of benzene rings is 1. The summed E-state index contributed by atoms with van der Waals surface area (Å²) in [6.45, 7) is 3.09. The van der Waals surface area contributed by atoms with Gasteiger partial charge < -0.3 is 14.5 Å². The molecule has 1 saturated heterocycles. The number of aromatic nitrogens is 1. The number of carbonyl (C=O) groups is 1. The Hall–Kier alpha value is -2.56. The average Bonchev–Trinajstić information content (AvgIpc) is 3.10. The molecule has 1 unspecified atom stereocenters. The van der Waals surface area contributed by atoms with Crippen LogP contribution in [0.1, 0.15) is 35.6 Å². The Morgan fingerprint density at radius 2 is 2.08 bits per heavy atom. The van der Waals surface area contributed by atoms with E-state index in [4.69, 9.17) is 4.74 Å². The summed E-state index contributed by atoms with van der Waals surface area (Å²) in [5, 5.41) is 0. The SMILES string of the molecule is Cc1cc(C2CCCN2C(=O)OCc2ccccc2)cnc1N(C)C. The number of nitrogens with zero attached hydrogens (tertiary/aromatic N) is 3. The van der Waals surface area contributed by atoms with Crippen molar-refractivity contribution in [3.05, 3.63) is 59.3 Å². The molecule has 1 aromatic heterocycles. The predicted molar refractivity (Wildman–Crippen MR) is 98.6 cm³/mol. The minimum atomic E-state index is -0.249. The van der Waals surface area contributed by atoms with Crippen molar-refractivity contribution in [3.8, 4) is 0 Å².